The lowest BCUT2D eigenvalue weighted by atomic mass is 10.0. The zero-order valence-electron chi connectivity index (χ0n) is 22.6. The maximum Gasteiger partial charge on any atom is 0.247 e. The number of rotatable bonds is 11. The maximum atomic E-state index is 12.2. The van der Waals surface area contributed by atoms with Crippen LogP contribution in [0.15, 0.2) is 61.3 Å². The smallest absolute Gasteiger partial charge is 0.247 e. The molecule has 1 atom stereocenters. The van der Waals surface area contributed by atoms with Gasteiger partial charge in [0.2, 0.25) is 17.6 Å². The van der Waals surface area contributed by atoms with Crippen LogP contribution in [0.3, 0.4) is 0 Å². The molecule has 198 valence electrons. The van der Waals surface area contributed by atoms with E-state index in [1.54, 1.807) is 18.3 Å². The van der Waals surface area contributed by atoms with E-state index in [9.17, 15) is 4.79 Å². The summed E-state index contributed by atoms with van der Waals surface area (Å²) < 4.78 is 14.1. The van der Waals surface area contributed by atoms with Gasteiger partial charge in [-0.15, -0.1) is 0 Å². The van der Waals surface area contributed by atoms with Crippen LogP contribution in [0.2, 0.25) is 0 Å². The first-order chi connectivity index (χ1) is 18.3. The Morgan fingerprint density at radius 2 is 1.92 bits per heavy atom. The van der Waals surface area contributed by atoms with E-state index in [-0.39, 0.29) is 11.9 Å². The molecule has 0 bridgehead atoms. The van der Waals surface area contributed by atoms with Gasteiger partial charge >= 0.3 is 0 Å². The van der Waals surface area contributed by atoms with E-state index in [2.05, 4.69) is 58.9 Å². The van der Waals surface area contributed by atoms with Crippen LogP contribution < -0.4 is 20.1 Å². The molecule has 0 saturated carbocycles. The fraction of sp³-hybridized carbons (Fsp3) is 0.310. The van der Waals surface area contributed by atoms with Crippen molar-refractivity contribution in [2.45, 2.75) is 19.9 Å². The van der Waals surface area contributed by atoms with Crippen LogP contribution in [0.1, 0.15) is 36.7 Å². The summed E-state index contributed by atoms with van der Waals surface area (Å²) in [6, 6.07) is 14.1. The first kappa shape index (κ1) is 26.8. The zero-order chi connectivity index (χ0) is 27.2. The van der Waals surface area contributed by atoms with E-state index in [1.807, 2.05) is 38.1 Å². The second-order valence-electron chi connectivity index (χ2n) is 9.24. The Hall–Kier alpha value is -4.24. The molecular weight excluding hydrogens is 480 g/mol. The lowest BCUT2D eigenvalue weighted by Gasteiger charge is -2.18. The highest BCUT2D eigenvalue weighted by Crippen LogP contribution is 2.38. The molecule has 4 rings (SSSR count). The summed E-state index contributed by atoms with van der Waals surface area (Å²) in [5, 5.41) is 6.11. The van der Waals surface area contributed by atoms with Gasteiger partial charge in [-0.1, -0.05) is 24.8 Å². The molecule has 0 aliphatic carbocycles. The van der Waals surface area contributed by atoms with Gasteiger partial charge in [-0.25, -0.2) is 14.5 Å². The molecule has 3 aromatic rings. The van der Waals surface area contributed by atoms with E-state index < -0.39 is 0 Å². The van der Waals surface area contributed by atoms with Crippen molar-refractivity contribution in [1.82, 2.24) is 14.9 Å². The second-order valence-corrected chi connectivity index (χ2v) is 9.24. The molecule has 1 amide bonds. The number of ether oxygens (including phenoxy) is 2. The normalized spacial score (nSPS) is 14.3. The van der Waals surface area contributed by atoms with Crippen LogP contribution in [-0.4, -0.2) is 72.0 Å². The highest BCUT2D eigenvalue weighted by atomic mass is 16.5. The van der Waals surface area contributed by atoms with Gasteiger partial charge in [-0.3, -0.25) is 4.79 Å². The van der Waals surface area contributed by atoms with E-state index in [0.717, 1.165) is 17.0 Å². The highest BCUT2D eigenvalue weighted by Gasteiger charge is 2.34. The van der Waals surface area contributed by atoms with Crippen molar-refractivity contribution in [1.29, 1.82) is 0 Å². The largest absolute Gasteiger partial charge is 0.492 e. The molecule has 0 fully saturated rings. The molecule has 2 N–H and O–H groups in total. The number of nitrogens with one attached hydrogen (secondary N) is 2. The Labute approximate surface area is 223 Å². The Balaban J connectivity index is 1.70. The highest BCUT2D eigenvalue weighted by molar-refractivity contribution is 6.10. The van der Waals surface area contributed by atoms with E-state index in [4.69, 9.17) is 14.5 Å². The molecule has 2 heterocycles. The predicted octanol–water partition coefficient (Wildman–Crippen LogP) is 4.24. The van der Waals surface area contributed by atoms with Crippen molar-refractivity contribution >= 4 is 28.9 Å². The number of carbonyl (C=O) groups is 1. The third-order valence-corrected chi connectivity index (χ3v) is 6.37. The summed E-state index contributed by atoms with van der Waals surface area (Å²) in [5.41, 5.74) is 5.38. The van der Waals surface area contributed by atoms with Crippen molar-refractivity contribution in [2.75, 3.05) is 51.5 Å². The molecule has 0 spiro atoms. The van der Waals surface area contributed by atoms with E-state index in [1.165, 1.54) is 11.6 Å². The average molecular weight is 516 g/mol. The molecule has 38 heavy (non-hydrogen) atoms. The summed E-state index contributed by atoms with van der Waals surface area (Å²) in [5.74, 6) is 1.12. The molecule has 9 nitrogen and oxygen atoms in total. The lowest BCUT2D eigenvalue weighted by molar-refractivity contribution is -0.534. The van der Waals surface area contributed by atoms with Gasteiger partial charge in [-0.05, 0) is 45.3 Å². The van der Waals surface area contributed by atoms with Crippen LogP contribution in [0.25, 0.3) is 0 Å². The van der Waals surface area contributed by atoms with Crippen LogP contribution in [0, 0.1) is 0 Å². The van der Waals surface area contributed by atoms with Crippen LogP contribution >= 0.6 is 0 Å². The van der Waals surface area contributed by atoms with Crippen molar-refractivity contribution in [2.24, 2.45) is 0 Å². The summed E-state index contributed by atoms with van der Waals surface area (Å²) in [4.78, 5) is 23.5. The third kappa shape index (κ3) is 5.84. The van der Waals surface area contributed by atoms with E-state index >= 15 is 0 Å². The van der Waals surface area contributed by atoms with Gasteiger partial charge in [0.05, 0.1) is 23.5 Å². The zero-order valence-corrected chi connectivity index (χ0v) is 22.6. The van der Waals surface area contributed by atoms with E-state index in [0.29, 0.717) is 48.6 Å². The standard InChI is InChI=1S/C29H34N6O3/c1-7-27(36)31-23-17-24(25(37-8-2)18-26(23)38-16-15-34(4)5)33-29-30-14-13-22(32-29)28-21-12-10-9-11-20(21)19(3)35(28)6/h7,9-14,17-19H,1,8,15-16H2,2-6H3,(H-,30,31,32,33,36)/p+1. The van der Waals surface area contributed by atoms with Gasteiger partial charge < -0.3 is 25.0 Å². The fourth-order valence-corrected chi connectivity index (χ4v) is 4.33. The lowest BCUT2D eigenvalue weighted by Crippen LogP contribution is -2.20. The SMILES string of the molecule is C=CC(=O)Nc1cc(Nc2nccc(C3=[N+](C)C(C)c4ccccc43)n2)c(OCC)cc1OCCN(C)C. The molecule has 2 aromatic carbocycles. The number of likely N-dealkylation sites (N-methyl/N-ethyl adjacent to an activating group) is 1. The number of fused-ring (bicyclic) bond motifs is 1. The van der Waals surface area contributed by atoms with Gasteiger partial charge in [0.25, 0.3) is 0 Å². The predicted molar refractivity (Wildman–Crippen MR) is 150 cm³/mol. The maximum absolute atomic E-state index is 12.2. The molecule has 1 aliphatic heterocycles. The van der Waals surface area contributed by atoms with Gasteiger partial charge in [-0.2, -0.15) is 0 Å². The monoisotopic (exact) mass is 515 g/mol. The number of benzene rings is 2. The van der Waals surface area contributed by atoms with Crippen LogP contribution in [0.5, 0.6) is 11.5 Å². The molecule has 0 saturated heterocycles. The summed E-state index contributed by atoms with van der Waals surface area (Å²) in [7, 11) is 6.01. The number of hydrogen-bond acceptors (Lipinski definition) is 7. The summed E-state index contributed by atoms with van der Waals surface area (Å²) in [6.07, 6.45) is 2.95. The van der Waals surface area contributed by atoms with Crippen LogP contribution in [-0.2, 0) is 4.79 Å². The molecule has 1 unspecified atom stereocenters. The molecule has 9 heteroatoms. The van der Waals surface area contributed by atoms with Crippen LogP contribution in [0.4, 0.5) is 17.3 Å². The van der Waals surface area contributed by atoms with Gasteiger partial charge in [0.15, 0.2) is 6.04 Å². The Morgan fingerprint density at radius 1 is 1.16 bits per heavy atom. The first-order valence-electron chi connectivity index (χ1n) is 12.6. The van der Waals surface area contributed by atoms with Crippen molar-refractivity contribution in [3.05, 3.63) is 78.1 Å². The first-order valence-corrected chi connectivity index (χ1v) is 12.6. The molecule has 1 aliphatic rings. The summed E-state index contributed by atoms with van der Waals surface area (Å²) in [6.45, 7) is 9.26. The minimum Gasteiger partial charge on any atom is -0.492 e. The average Bonchev–Trinajstić information content (AvgIpc) is 3.16. The van der Waals surface area contributed by atoms with Crippen molar-refractivity contribution in [3.63, 3.8) is 0 Å². The Morgan fingerprint density at radius 3 is 2.66 bits per heavy atom. The molecule has 1 aromatic heterocycles. The number of carbonyl (C=O) groups excluding carboxylic acids is 1. The molecule has 0 radical (unpaired) electrons. The second kappa shape index (κ2) is 11.9. The Kier molecular flexibility index (Phi) is 8.38. The van der Waals surface area contributed by atoms with Crippen molar-refractivity contribution < 1.29 is 18.8 Å². The number of nitrogens with zero attached hydrogens (tertiary/aromatic N) is 4. The van der Waals surface area contributed by atoms with Gasteiger partial charge in [0, 0.05) is 31.3 Å². The Bertz CT molecular complexity index is 1370. The minimum atomic E-state index is -0.343. The number of hydrogen-bond donors (Lipinski definition) is 2. The quantitative estimate of drug-likeness (QED) is 0.292. The fourth-order valence-electron chi connectivity index (χ4n) is 4.33. The minimum absolute atomic E-state index is 0.244. The number of aromatic nitrogens is 2. The number of amides is 1. The van der Waals surface area contributed by atoms with Crippen molar-refractivity contribution in [3.8, 4) is 11.5 Å². The third-order valence-electron chi connectivity index (χ3n) is 6.37. The molecular formula is C29H35N6O3+. The topological polar surface area (TPSA) is 91.6 Å². The summed E-state index contributed by atoms with van der Waals surface area (Å²) >= 11 is 0. The van der Waals surface area contributed by atoms with Gasteiger partial charge in [0.1, 0.15) is 30.8 Å². The number of anilines is 3.